The van der Waals surface area contributed by atoms with Gasteiger partial charge in [-0.25, -0.2) is 13.1 Å². The van der Waals surface area contributed by atoms with E-state index in [-0.39, 0.29) is 29.7 Å². The molecule has 1 N–H and O–H groups in total. The number of benzene rings is 1. The van der Waals surface area contributed by atoms with E-state index in [1.165, 1.54) is 4.90 Å². The van der Waals surface area contributed by atoms with Crippen molar-refractivity contribution in [3.05, 3.63) is 41.2 Å². The number of hydrogen-bond donors (Lipinski definition) is 1. The third kappa shape index (κ3) is 4.40. The summed E-state index contributed by atoms with van der Waals surface area (Å²) in [7, 11) is -2.90. The molecular weight excluding hydrogens is 448 g/mol. The van der Waals surface area contributed by atoms with Gasteiger partial charge in [-0.15, -0.1) is 5.10 Å². The Morgan fingerprint density at radius 1 is 1.12 bits per heavy atom. The first kappa shape index (κ1) is 21.7. The Morgan fingerprint density at radius 3 is 2.67 bits per heavy atom. The number of hydrogen-bond acceptors (Lipinski definition) is 8. The molecular formula is C21H24N6O5S. The number of sulfone groups is 1. The first-order valence-corrected chi connectivity index (χ1v) is 12.7. The molecule has 1 aromatic carbocycles. The Morgan fingerprint density at radius 2 is 1.91 bits per heavy atom. The lowest BCUT2D eigenvalue weighted by molar-refractivity contribution is -0.136. The molecule has 3 aliphatic rings. The molecule has 1 aromatic heterocycles. The fraction of sp³-hybridized carbons (Fsp3) is 0.476. The molecule has 2 fully saturated rings. The molecule has 11 nitrogen and oxygen atoms in total. The minimum Gasteiger partial charge on any atom is -0.322 e. The normalized spacial score (nSPS) is 23.0. The predicted octanol–water partition coefficient (Wildman–Crippen LogP) is -0.699. The zero-order valence-corrected chi connectivity index (χ0v) is 18.8. The van der Waals surface area contributed by atoms with Crippen LogP contribution in [-0.2, 0) is 32.4 Å². The standard InChI is InChI=1S/C21H24N6O5S/c28-19-4-3-18(20(29)22-19)26-12-14-1-2-16(11-17(14)21(26)30)27-13-15(23-24-27)5-6-25-7-9-33(31,32)10-8-25/h1-2,11,13,18H,3-10,12H2,(H,22,28,29). The maximum atomic E-state index is 13.0. The number of nitrogens with one attached hydrogen (secondary N) is 1. The van der Waals surface area contributed by atoms with E-state index in [4.69, 9.17) is 0 Å². The van der Waals surface area contributed by atoms with Gasteiger partial charge in [0.15, 0.2) is 9.84 Å². The lowest BCUT2D eigenvalue weighted by Crippen LogP contribution is -2.52. The van der Waals surface area contributed by atoms with Crippen LogP contribution in [0.15, 0.2) is 24.4 Å². The summed E-state index contributed by atoms with van der Waals surface area (Å²) in [6.45, 7) is 2.10. The van der Waals surface area contributed by atoms with Gasteiger partial charge in [-0.1, -0.05) is 11.3 Å². The Bertz CT molecular complexity index is 1230. The highest BCUT2D eigenvalue weighted by Crippen LogP contribution is 2.29. The van der Waals surface area contributed by atoms with Crippen LogP contribution in [0, 0.1) is 0 Å². The summed E-state index contributed by atoms with van der Waals surface area (Å²) in [6, 6.07) is 4.81. The number of carbonyl (C=O) groups is 3. The van der Waals surface area contributed by atoms with E-state index in [1.807, 2.05) is 12.1 Å². The van der Waals surface area contributed by atoms with E-state index < -0.39 is 21.8 Å². The molecule has 174 valence electrons. The summed E-state index contributed by atoms with van der Waals surface area (Å²) in [6.07, 6.45) is 3.00. The fourth-order valence-corrected chi connectivity index (χ4v) is 5.75. The van der Waals surface area contributed by atoms with Gasteiger partial charge in [0.2, 0.25) is 11.8 Å². The van der Waals surface area contributed by atoms with Crippen molar-refractivity contribution in [1.29, 1.82) is 0 Å². The lowest BCUT2D eigenvalue weighted by atomic mass is 10.0. The van der Waals surface area contributed by atoms with Gasteiger partial charge in [-0.05, 0) is 24.1 Å². The van der Waals surface area contributed by atoms with E-state index in [2.05, 4.69) is 20.5 Å². The monoisotopic (exact) mass is 472 g/mol. The fourth-order valence-electron chi connectivity index (χ4n) is 4.47. The Balaban J connectivity index is 1.25. The van der Waals surface area contributed by atoms with Crippen LogP contribution in [0.1, 0.15) is 34.5 Å². The average molecular weight is 473 g/mol. The maximum Gasteiger partial charge on any atom is 0.255 e. The van der Waals surface area contributed by atoms with Gasteiger partial charge in [0.25, 0.3) is 5.91 Å². The third-order valence-electron chi connectivity index (χ3n) is 6.44. The highest BCUT2D eigenvalue weighted by atomic mass is 32.2. The molecule has 33 heavy (non-hydrogen) atoms. The van der Waals surface area contributed by atoms with Gasteiger partial charge >= 0.3 is 0 Å². The van der Waals surface area contributed by atoms with Crippen molar-refractivity contribution in [3.8, 4) is 5.69 Å². The molecule has 0 aliphatic carbocycles. The summed E-state index contributed by atoms with van der Waals surface area (Å²) in [5, 5.41) is 10.7. The SMILES string of the molecule is O=C1CCC(N2Cc3ccc(-n4cc(CCN5CCS(=O)(=O)CC5)nn4)cc3C2=O)C(=O)N1. The Labute approximate surface area is 190 Å². The van der Waals surface area contributed by atoms with Crippen molar-refractivity contribution in [2.24, 2.45) is 0 Å². The van der Waals surface area contributed by atoms with Gasteiger partial charge in [0.1, 0.15) is 6.04 Å². The van der Waals surface area contributed by atoms with Crippen LogP contribution in [0.3, 0.4) is 0 Å². The van der Waals surface area contributed by atoms with Crippen LogP contribution in [-0.4, -0.2) is 88.1 Å². The van der Waals surface area contributed by atoms with E-state index in [9.17, 15) is 22.8 Å². The van der Waals surface area contributed by atoms with Gasteiger partial charge < -0.3 is 9.80 Å². The number of carbonyl (C=O) groups excluding carboxylic acids is 3. The summed E-state index contributed by atoms with van der Waals surface area (Å²) in [5.41, 5.74) is 2.81. The minimum absolute atomic E-state index is 0.193. The predicted molar refractivity (Wildman–Crippen MR) is 116 cm³/mol. The zero-order chi connectivity index (χ0) is 23.2. The topological polar surface area (TPSA) is 135 Å². The molecule has 4 heterocycles. The summed E-state index contributed by atoms with van der Waals surface area (Å²) in [4.78, 5) is 40.3. The zero-order valence-electron chi connectivity index (χ0n) is 17.9. The van der Waals surface area contributed by atoms with Crippen molar-refractivity contribution in [3.63, 3.8) is 0 Å². The smallest absolute Gasteiger partial charge is 0.255 e. The molecule has 2 saturated heterocycles. The Hall–Kier alpha value is -3.12. The van der Waals surface area contributed by atoms with Crippen molar-refractivity contribution in [1.82, 2.24) is 30.1 Å². The molecule has 12 heteroatoms. The van der Waals surface area contributed by atoms with E-state index in [0.29, 0.717) is 50.3 Å². The number of imide groups is 1. The van der Waals surface area contributed by atoms with Crippen LogP contribution in [0.5, 0.6) is 0 Å². The van der Waals surface area contributed by atoms with E-state index >= 15 is 0 Å². The molecule has 3 aliphatic heterocycles. The first-order chi connectivity index (χ1) is 15.8. The third-order valence-corrected chi connectivity index (χ3v) is 8.05. The van der Waals surface area contributed by atoms with Crippen LogP contribution in [0.4, 0.5) is 0 Å². The van der Waals surface area contributed by atoms with Crippen molar-refractivity contribution in [2.45, 2.75) is 31.8 Å². The molecule has 0 radical (unpaired) electrons. The lowest BCUT2D eigenvalue weighted by Gasteiger charge is -2.29. The highest BCUT2D eigenvalue weighted by molar-refractivity contribution is 7.91. The second kappa shape index (κ2) is 8.34. The molecule has 1 unspecified atom stereocenters. The molecule has 1 atom stereocenters. The van der Waals surface area contributed by atoms with Crippen molar-refractivity contribution >= 4 is 27.6 Å². The summed E-state index contributed by atoms with van der Waals surface area (Å²) < 4.78 is 24.7. The van der Waals surface area contributed by atoms with Gasteiger partial charge in [-0.2, -0.15) is 0 Å². The van der Waals surface area contributed by atoms with Crippen molar-refractivity contribution in [2.75, 3.05) is 31.1 Å². The number of fused-ring (bicyclic) bond motifs is 1. The van der Waals surface area contributed by atoms with E-state index in [1.54, 1.807) is 16.9 Å². The van der Waals surface area contributed by atoms with Gasteiger partial charge in [0, 0.05) is 44.6 Å². The molecule has 0 spiro atoms. The van der Waals surface area contributed by atoms with Crippen LogP contribution < -0.4 is 5.32 Å². The van der Waals surface area contributed by atoms with Gasteiger partial charge in [-0.3, -0.25) is 19.7 Å². The maximum absolute atomic E-state index is 13.0. The molecule has 5 rings (SSSR count). The van der Waals surface area contributed by atoms with Crippen molar-refractivity contribution < 1.29 is 22.8 Å². The quantitative estimate of drug-likeness (QED) is 0.565. The van der Waals surface area contributed by atoms with E-state index in [0.717, 1.165) is 11.3 Å². The first-order valence-electron chi connectivity index (χ1n) is 10.9. The van der Waals surface area contributed by atoms with Crippen LogP contribution >= 0.6 is 0 Å². The number of piperidine rings is 1. The number of aromatic nitrogens is 3. The van der Waals surface area contributed by atoms with Crippen LogP contribution in [0.25, 0.3) is 5.69 Å². The molecule has 2 aromatic rings. The minimum atomic E-state index is -2.90. The second-order valence-corrected chi connectivity index (χ2v) is 10.9. The molecule has 0 saturated carbocycles. The second-order valence-electron chi connectivity index (χ2n) is 8.64. The highest BCUT2D eigenvalue weighted by Gasteiger charge is 2.39. The van der Waals surface area contributed by atoms with Crippen LogP contribution in [0.2, 0.25) is 0 Å². The molecule has 3 amide bonds. The summed E-state index contributed by atoms with van der Waals surface area (Å²) >= 11 is 0. The largest absolute Gasteiger partial charge is 0.322 e. The molecule has 0 bridgehead atoms. The number of rotatable bonds is 5. The average Bonchev–Trinajstić information content (AvgIpc) is 3.38. The number of nitrogens with zero attached hydrogens (tertiary/aromatic N) is 5. The summed E-state index contributed by atoms with van der Waals surface area (Å²) in [5.74, 6) is -0.589. The Kier molecular flexibility index (Phi) is 5.49. The van der Waals surface area contributed by atoms with Gasteiger partial charge in [0.05, 0.1) is 29.1 Å². The number of amides is 3.